The van der Waals surface area contributed by atoms with Crippen LogP contribution >= 0.6 is 0 Å². The van der Waals surface area contributed by atoms with Gasteiger partial charge >= 0.3 is 0 Å². The Balaban J connectivity index is 3.02. The Labute approximate surface area is 188 Å². The van der Waals surface area contributed by atoms with E-state index in [1.54, 1.807) is 0 Å². The predicted molar refractivity (Wildman–Crippen MR) is 129 cm³/mol. The fourth-order valence-electron chi connectivity index (χ4n) is 5.71. The van der Waals surface area contributed by atoms with Crippen molar-refractivity contribution in [1.82, 2.24) is 5.32 Å². The number of hydrogen-bond acceptors (Lipinski definition) is 2. The molecular formula is C26H48BNO2. The summed E-state index contributed by atoms with van der Waals surface area (Å²) in [6.45, 7) is 22.4. The molecule has 0 aliphatic heterocycles. The van der Waals surface area contributed by atoms with E-state index < -0.39 is 10.7 Å². The van der Waals surface area contributed by atoms with Gasteiger partial charge in [0, 0.05) is 21.8 Å². The maximum Gasteiger partial charge on any atom is 0.225 e. The maximum atomic E-state index is 13.1. The van der Waals surface area contributed by atoms with Crippen LogP contribution in [0.1, 0.15) is 115 Å². The van der Waals surface area contributed by atoms with E-state index >= 15 is 0 Å². The van der Waals surface area contributed by atoms with Gasteiger partial charge in [-0.25, -0.2) is 0 Å². The normalized spacial score (nSPS) is 23.6. The number of ketones is 1. The smallest absolute Gasteiger partial charge is 0.225 e. The van der Waals surface area contributed by atoms with Crippen molar-refractivity contribution < 1.29 is 9.59 Å². The third-order valence-corrected chi connectivity index (χ3v) is 6.78. The first-order chi connectivity index (χ1) is 13.2. The van der Waals surface area contributed by atoms with Crippen molar-refractivity contribution in [3.63, 3.8) is 0 Å². The first-order valence-corrected chi connectivity index (χ1v) is 11.9. The lowest BCUT2D eigenvalue weighted by Crippen LogP contribution is -2.51. The average molecular weight is 417 g/mol. The van der Waals surface area contributed by atoms with E-state index in [9.17, 15) is 9.59 Å². The third-order valence-electron chi connectivity index (χ3n) is 6.78. The van der Waals surface area contributed by atoms with E-state index in [4.69, 9.17) is 7.85 Å². The van der Waals surface area contributed by atoms with Crippen LogP contribution in [0.2, 0.25) is 5.31 Å². The molecule has 3 unspecified atom stereocenters. The van der Waals surface area contributed by atoms with Gasteiger partial charge in [0.2, 0.25) is 5.91 Å². The van der Waals surface area contributed by atoms with Gasteiger partial charge in [0.15, 0.2) is 0 Å². The molecule has 1 rings (SSSR count). The molecule has 1 saturated carbocycles. The summed E-state index contributed by atoms with van der Waals surface area (Å²) in [5.74, 6) is 1.17. The lowest BCUT2D eigenvalue weighted by molar-refractivity contribution is -0.136. The van der Waals surface area contributed by atoms with Gasteiger partial charge in [0.05, 0.1) is 7.85 Å². The molecular weight excluding hydrogens is 369 g/mol. The summed E-state index contributed by atoms with van der Waals surface area (Å²) in [6.07, 6.45) is 6.23. The highest BCUT2D eigenvalue weighted by atomic mass is 16.2. The van der Waals surface area contributed by atoms with Crippen molar-refractivity contribution in [3.05, 3.63) is 0 Å². The van der Waals surface area contributed by atoms with E-state index in [-0.39, 0.29) is 22.3 Å². The number of Topliss-reactive ketones (excluding diaryl/α,β-unsaturated/α-hetero) is 1. The number of hydrogen-bond donors (Lipinski definition) is 1. The summed E-state index contributed by atoms with van der Waals surface area (Å²) in [5, 5.41) is 2.82. The molecule has 3 nitrogen and oxygen atoms in total. The van der Waals surface area contributed by atoms with Crippen molar-refractivity contribution in [1.29, 1.82) is 0 Å². The molecule has 0 bridgehead atoms. The van der Waals surface area contributed by atoms with Crippen LogP contribution in [0.25, 0.3) is 0 Å². The van der Waals surface area contributed by atoms with Crippen molar-refractivity contribution in [2.45, 2.75) is 126 Å². The molecule has 0 spiro atoms. The molecule has 30 heavy (non-hydrogen) atoms. The summed E-state index contributed by atoms with van der Waals surface area (Å²) in [7, 11) is 7.00. The molecule has 3 atom stereocenters. The molecule has 1 aliphatic carbocycles. The summed E-state index contributed by atoms with van der Waals surface area (Å²) in [5.41, 5.74) is -1.50. The van der Waals surface area contributed by atoms with Gasteiger partial charge in [-0.2, -0.15) is 0 Å². The second-order valence-electron chi connectivity index (χ2n) is 13.6. The predicted octanol–water partition coefficient (Wildman–Crippen LogP) is 6.50. The van der Waals surface area contributed by atoms with E-state index in [2.05, 4.69) is 39.9 Å². The van der Waals surface area contributed by atoms with Gasteiger partial charge in [-0.15, -0.1) is 0 Å². The van der Waals surface area contributed by atoms with E-state index in [1.165, 1.54) is 12.8 Å². The second kappa shape index (κ2) is 8.98. The Hall–Kier alpha value is -0.795. The van der Waals surface area contributed by atoms with Crippen LogP contribution in [0.15, 0.2) is 0 Å². The van der Waals surface area contributed by atoms with Crippen LogP contribution in [-0.2, 0) is 9.59 Å². The highest BCUT2D eigenvalue weighted by molar-refractivity contribution is 6.15. The highest BCUT2D eigenvalue weighted by Gasteiger charge is 2.45. The van der Waals surface area contributed by atoms with E-state index in [0.29, 0.717) is 17.6 Å². The fraction of sp³-hybridized carbons (Fsp3) is 0.923. The van der Waals surface area contributed by atoms with Gasteiger partial charge < -0.3 is 5.32 Å². The summed E-state index contributed by atoms with van der Waals surface area (Å²) in [6, 6.07) is 0. The van der Waals surface area contributed by atoms with E-state index in [0.717, 1.165) is 25.7 Å². The van der Waals surface area contributed by atoms with Gasteiger partial charge in [0.1, 0.15) is 5.78 Å². The van der Waals surface area contributed by atoms with E-state index in [1.807, 2.05) is 41.5 Å². The van der Waals surface area contributed by atoms with Crippen LogP contribution in [0.3, 0.4) is 0 Å². The Morgan fingerprint density at radius 1 is 0.833 bits per heavy atom. The minimum absolute atomic E-state index is 0.0559. The quantitative estimate of drug-likeness (QED) is 0.481. The number of nitrogens with one attached hydrogen (secondary N) is 1. The van der Waals surface area contributed by atoms with Gasteiger partial charge in [-0.3, -0.25) is 9.59 Å². The lowest BCUT2D eigenvalue weighted by atomic mass is 9.50. The molecule has 0 aromatic heterocycles. The molecule has 0 aromatic carbocycles. The van der Waals surface area contributed by atoms with Crippen LogP contribution < -0.4 is 5.32 Å². The monoisotopic (exact) mass is 417 g/mol. The number of amides is 1. The van der Waals surface area contributed by atoms with Crippen molar-refractivity contribution in [2.75, 3.05) is 0 Å². The highest BCUT2D eigenvalue weighted by Crippen LogP contribution is 2.52. The molecule has 1 N–H and O–H groups in total. The van der Waals surface area contributed by atoms with Crippen LogP contribution in [0.5, 0.6) is 0 Å². The summed E-state index contributed by atoms with van der Waals surface area (Å²) < 4.78 is 0. The average Bonchev–Trinajstić information content (AvgIpc) is 2.50. The third kappa shape index (κ3) is 7.41. The molecule has 2 radical (unpaired) electrons. The number of rotatable bonds is 7. The van der Waals surface area contributed by atoms with Gasteiger partial charge in [0.25, 0.3) is 0 Å². The van der Waals surface area contributed by atoms with Gasteiger partial charge in [-0.1, -0.05) is 93.3 Å². The SMILES string of the molecule is [B]C(C)(CC(C)(C)NC(=O)C(C)(C)C)C1CCCCC1CC(C)(C)C(=O)C(C)(C)C. The van der Waals surface area contributed by atoms with Gasteiger partial charge in [-0.05, 0) is 38.5 Å². The Kier molecular flexibility index (Phi) is 8.16. The summed E-state index contributed by atoms with van der Waals surface area (Å²) in [4.78, 5) is 25.7. The molecule has 0 aromatic rings. The van der Waals surface area contributed by atoms with Crippen LogP contribution in [0, 0.1) is 28.1 Å². The topological polar surface area (TPSA) is 46.2 Å². The van der Waals surface area contributed by atoms with Crippen molar-refractivity contribution in [2.24, 2.45) is 28.1 Å². The first kappa shape index (κ1) is 27.2. The molecule has 1 amide bonds. The molecule has 0 heterocycles. The van der Waals surface area contributed by atoms with Crippen LogP contribution in [0.4, 0.5) is 0 Å². The zero-order chi connectivity index (χ0) is 23.8. The largest absolute Gasteiger partial charge is 0.351 e. The number of carbonyl (C=O) groups excluding carboxylic acids is 2. The second-order valence-corrected chi connectivity index (χ2v) is 13.6. The van der Waals surface area contributed by atoms with Crippen molar-refractivity contribution in [3.8, 4) is 0 Å². The Morgan fingerprint density at radius 3 is 1.80 bits per heavy atom. The summed E-state index contributed by atoms with van der Waals surface area (Å²) >= 11 is 0. The fourth-order valence-corrected chi connectivity index (χ4v) is 5.71. The minimum atomic E-state index is -0.424. The standard InChI is InChI=1S/C26H48BNO2/c1-22(2,3)20(29)24(7,8)16-18-14-12-13-15-19(18)26(11,27)17-25(9,10)28-21(30)23(4,5)6/h18-19H,12-17H2,1-11H3,(H,28,30). The Morgan fingerprint density at radius 2 is 1.33 bits per heavy atom. The zero-order valence-corrected chi connectivity index (χ0v) is 21.8. The molecule has 172 valence electrons. The first-order valence-electron chi connectivity index (χ1n) is 11.9. The molecule has 4 heteroatoms. The minimum Gasteiger partial charge on any atom is -0.351 e. The number of carbonyl (C=O) groups is 2. The Bertz CT molecular complexity index is 620. The molecule has 1 fully saturated rings. The lowest BCUT2D eigenvalue weighted by Gasteiger charge is -2.48. The van der Waals surface area contributed by atoms with Crippen molar-refractivity contribution >= 4 is 19.5 Å². The maximum absolute atomic E-state index is 13.1. The van der Waals surface area contributed by atoms with Crippen LogP contribution in [-0.4, -0.2) is 25.1 Å². The zero-order valence-electron chi connectivity index (χ0n) is 21.8. The molecule has 1 aliphatic rings. The molecule has 0 saturated heterocycles.